The molecule has 3 aromatic heterocycles. The lowest BCUT2D eigenvalue weighted by atomic mass is 10.3. The lowest BCUT2D eigenvalue weighted by Gasteiger charge is -2.09. The van der Waals surface area contributed by atoms with Gasteiger partial charge in [-0.3, -0.25) is 0 Å². The summed E-state index contributed by atoms with van der Waals surface area (Å²) in [6.07, 6.45) is 6.08. The zero-order chi connectivity index (χ0) is 18.4. The maximum Gasteiger partial charge on any atom is 0.314 e. The fourth-order valence-corrected chi connectivity index (χ4v) is 2.82. The smallest absolute Gasteiger partial charge is 0.314 e. The number of fused-ring (bicyclic) bond motifs is 1. The number of nitrogens with zero attached hydrogens (tertiary/aromatic N) is 3. The average Bonchev–Trinajstić information content (AvgIpc) is 3.03. The Balaban J connectivity index is 1.34. The number of imidazole rings is 1. The fourth-order valence-electron chi connectivity index (χ4n) is 2.38. The molecule has 0 atom stereocenters. The highest BCUT2D eigenvalue weighted by atomic mass is 35.5. The highest BCUT2D eigenvalue weighted by Gasteiger charge is 2.04. The summed E-state index contributed by atoms with van der Waals surface area (Å²) in [6.45, 7) is 1.43. The number of hydrogen-bond acceptors (Lipinski definition) is 4. The molecule has 26 heavy (non-hydrogen) atoms. The molecule has 3 N–H and O–H groups in total. The minimum absolute atomic E-state index is 0.231. The van der Waals surface area contributed by atoms with Gasteiger partial charge < -0.3 is 20.4 Å². The van der Waals surface area contributed by atoms with Crippen molar-refractivity contribution < 1.29 is 4.79 Å². The van der Waals surface area contributed by atoms with E-state index in [1.807, 2.05) is 35.0 Å². The van der Waals surface area contributed by atoms with E-state index in [0.29, 0.717) is 41.9 Å². The third-order valence-electron chi connectivity index (χ3n) is 3.59. The average molecular weight is 393 g/mol. The van der Waals surface area contributed by atoms with Crippen LogP contribution in [0.1, 0.15) is 5.69 Å². The molecule has 0 aromatic carbocycles. The Morgan fingerprint density at radius 1 is 1.15 bits per heavy atom. The van der Waals surface area contributed by atoms with Gasteiger partial charge in [0.15, 0.2) is 0 Å². The van der Waals surface area contributed by atoms with E-state index in [-0.39, 0.29) is 6.03 Å². The van der Waals surface area contributed by atoms with E-state index >= 15 is 0 Å². The van der Waals surface area contributed by atoms with Crippen molar-refractivity contribution >= 4 is 40.7 Å². The molecule has 136 valence electrons. The first-order valence-electron chi connectivity index (χ1n) is 8.11. The molecule has 0 radical (unpaired) electrons. The Morgan fingerprint density at radius 2 is 2.00 bits per heavy atom. The minimum atomic E-state index is -0.231. The van der Waals surface area contributed by atoms with Crippen LogP contribution in [0.2, 0.25) is 10.0 Å². The number of pyridine rings is 2. The maximum absolute atomic E-state index is 11.8. The molecule has 0 unspecified atom stereocenters. The van der Waals surface area contributed by atoms with Crippen LogP contribution in [0.4, 0.5) is 10.6 Å². The van der Waals surface area contributed by atoms with E-state index in [9.17, 15) is 4.79 Å². The molecule has 0 fully saturated rings. The number of carbonyl (C=O) groups is 1. The Hall–Kier alpha value is -2.51. The van der Waals surface area contributed by atoms with Crippen molar-refractivity contribution in [1.82, 2.24) is 25.0 Å². The molecule has 3 heterocycles. The highest BCUT2D eigenvalue weighted by molar-refractivity contribution is 6.35. The van der Waals surface area contributed by atoms with Gasteiger partial charge in [0.2, 0.25) is 0 Å². The van der Waals surface area contributed by atoms with E-state index in [4.69, 9.17) is 23.2 Å². The van der Waals surface area contributed by atoms with Crippen molar-refractivity contribution in [2.75, 3.05) is 25.0 Å². The first-order valence-corrected chi connectivity index (χ1v) is 8.86. The van der Waals surface area contributed by atoms with Gasteiger partial charge in [0.25, 0.3) is 0 Å². The van der Waals surface area contributed by atoms with E-state index in [2.05, 4.69) is 25.9 Å². The number of nitrogens with one attached hydrogen (secondary N) is 3. The number of aromatic nitrogens is 3. The first-order chi connectivity index (χ1) is 12.6. The van der Waals surface area contributed by atoms with Gasteiger partial charge in [-0.15, -0.1) is 0 Å². The lowest BCUT2D eigenvalue weighted by Crippen LogP contribution is -2.38. The van der Waals surface area contributed by atoms with Gasteiger partial charge >= 0.3 is 6.03 Å². The van der Waals surface area contributed by atoms with Crippen LogP contribution in [0.3, 0.4) is 0 Å². The number of hydrogen-bond donors (Lipinski definition) is 3. The van der Waals surface area contributed by atoms with Gasteiger partial charge in [-0.1, -0.05) is 29.3 Å². The molecular weight excluding hydrogens is 375 g/mol. The number of amides is 2. The number of carbonyl (C=O) groups excluding carboxylic acids is 1. The van der Waals surface area contributed by atoms with Gasteiger partial charge in [-0.2, -0.15) is 0 Å². The molecular formula is C17H18Cl2N6O. The third-order valence-corrected chi connectivity index (χ3v) is 4.09. The minimum Gasteiger partial charge on any atom is -0.367 e. The van der Waals surface area contributed by atoms with Crippen LogP contribution in [-0.4, -0.2) is 40.0 Å². The monoisotopic (exact) mass is 392 g/mol. The zero-order valence-corrected chi connectivity index (χ0v) is 15.4. The number of rotatable bonds is 7. The zero-order valence-electron chi connectivity index (χ0n) is 13.9. The van der Waals surface area contributed by atoms with Crippen molar-refractivity contribution in [3.63, 3.8) is 0 Å². The number of urea groups is 1. The van der Waals surface area contributed by atoms with Gasteiger partial charge in [0, 0.05) is 44.6 Å². The molecule has 0 bridgehead atoms. The van der Waals surface area contributed by atoms with Crippen molar-refractivity contribution in [2.24, 2.45) is 0 Å². The van der Waals surface area contributed by atoms with Crippen molar-refractivity contribution in [1.29, 1.82) is 0 Å². The van der Waals surface area contributed by atoms with Crippen LogP contribution in [-0.2, 0) is 6.42 Å². The summed E-state index contributed by atoms with van der Waals surface area (Å²) in [4.78, 5) is 20.4. The molecule has 7 nitrogen and oxygen atoms in total. The molecule has 3 rings (SSSR count). The molecule has 0 aliphatic rings. The van der Waals surface area contributed by atoms with Gasteiger partial charge in [0.05, 0.1) is 15.7 Å². The van der Waals surface area contributed by atoms with E-state index in [1.54, 1.807) is 6.07 Å². The van der Waals surface area contributed by atoms with Crippen LogP contribution in [0.15, 0.2) is 42.9 Å². The highest BCUT2D eigenvalue weighted by Crippen LogP contribution is 2.21. The summed E-state index contributed by atoms with van der Waals surface area (Å²) in [5, 5.41) is 9.52. The normalized spacial score (nSPS) is 10.7. The Labute approximate surface area is 160 Å². The second kappa shape index (κ2) is 8.73. The third kappa shape index (κ3) is 5.00. The molecule has 0 spiro atoms. The van der Waals surface area contributed by atoms with Crippen LogP contribution in [0, 0.1) is 0 Å². The molecule has 0 aliphatic carbocycles. The van der Waals surface area contributed by atoms with Crippen molar-refractivity contribution in [2.45, 2.75) is 6.42 Å². The van der Waals surface area contributed by atoms with E-state index in [1.165, 1.54) is 6.20 Å². The van der Waals surface area contributed by atoms with Crippen molar-refractivity contribution in [3.05, 3.63) is 58.6 Å². The van der Waals surface area contributed by atoms with Crippen molar-refractivity contribution in [3.8, 4) is 0 Å². The predicted octanol–water partition coefficient (Wildman–Crippen LogP) is 2.99. The standard InChI is InChI=1S/C17H18Cl2N6O/c18-12-9-14(19)16(23-10-12)20-6-7-22-17(26)21-5-4-13-11-25-8-2-1-3-15(25)24-13/h1-3,8-11H,4-7H2,(H,20,23)(H2,21,22,26). The second-order valence-electron chi connectivity index (χ2n) is 5.54. The molecule has 9 heteroatoms. The molecule has 0 aliphatic heterocycles. The van der Waals surface area contributed by atoms with Crippen LogP contribution < -0.4 is 16.0 Å². The van der Waals surface area contributed by atoms with Gasteiger partial charge in [0.1, 0.15) is 11.5 Å². The summed E-state index contributed by atoms with van der Waals surface area (Å²) in [7, 11) is 0. The second-order valence-corrected chi connectivity index (χ2v) is 6.39. The Kier molecular flexibility index (Phi) is 6.14. The van der Waals surface area contributed by atoms with E-state index < -0.39 is 0 Å². The van der Waals surface area contributed by atoms with Crippen LogP contribution in [0.25, 0.3) is 5.65 Å². The summed E-state index contributed by atoms with van der Waals surface area (Å²) in [6, 6.07) is 7.21. The first kappa shape index (κ1) is 18.3. The Bertz CT molecular complexity index is 865. The number of anilines is 1. The largest absolute Gasteiger partial charge is 0.367 e. The maximum atomic E-state index is 11.8. The molecule has 2 amide bonds. The topological polar surface area (TPSA) is 83.3 Å². The number of halogens is 2. The molecule has 3 aromatic rings. The molecule has 0 saturated carbocycles. The summed E-state index contributed by atoms with van der Waals surface area (Å²) in [5.74, 6) is 0.533. The van der Waals surface area contributed by atoms with Gasteiger partial charge in [-0.05, 0) is 18.2 Å². The summed E-state index contributed by atoms with van der Waals surface area (Å²) >= 11 is 11.8. The quantitative estimate of drug-likeness (QED) is 0.539. The van der Waals surface area contributed by atoms with Crippen LogP contribution >= 0.6 is 23.2 Å². The fraction of sp³-hybridized carbons (Fsp3) is 0.235. The van der Waals surface area contributed by atoms with Crippen LogP contribution in [0.5, 0.6) is 0 Å². The Morgan fingerprint density at radius 3 is 2.81 bits per heavy atom. The molecule has 0 saturated heterocycles. The lowest BCUT2D eigenvalue weighted by molar-refractivity contribution is 0.241. The SMILES string of the molecule is O=C(NCCNc1ncc(Cl)cc1Cl)NCCc1cn2ccccc2n1. The summed E-state index contributed by atoms with van der Waals surface area (Å²) < 4.78 is 1.96. The van der Waals surface area contributed by atoms with E-state index in [0.717, 1.165) is 11.3 Å². The van der Waals surface area contributed by atoms with Gasteiger partial charge in [-0.25, -0.2) is 14.8 Å². The summed E-state index contributed by atoms with van der Waals surface area (Å²) in [5.41, 5.74) is 1.83. The predicted molar refractivity (Wildman–Crippen MR) is 103 cm³/mol.